The van der Waals surface area contributed by atoms with Gasteiger partial charge in [0.15, 0.2) is 11.5 Å². The summed E-state index contributed by atoms with van der Waals surface area (Å²) in [4.78, 5) is 17.2. The Balaban J connectivity index is 2.01. The van der Waals surface area contributed by atoms with Crippen LogP contribution >= 0.6 is 0 Å². The van der Waals surface area contributed by atoms with Crippen LogP contribution in [0.2, 0.25) is 0 Å². The van der Waals surface area contributed by atoms with E-state index >= 15 is 0 Å². The third-order valence-electron chi connectivity index (χ3n) is 2.96. The van der Waals surface area contributed by atoms with Gasteiger partial charge in [-0.05, 0) is 19.1 Å². The second kappa shape index (κ2) is 6.65. The number of aromatic amines is 1. The maximum Gasteiger partial charge on any atom is 0.222 e. The van der Waals surface area contributed by atoms with E-state index in [1.54, 1.807) is 6.07 Å². The van der Waals surface area contributed by atoms with Crippen molar-refractivity contribution in [1.82, 2.24) is 25.1 Å². The molecule has 0 bridgehead atoms. The molecule has 23 heavy (non-hydrogen) atoms. The first-order valence-electron chi connectivity index (χ1n) is 6.80. The summed E-state index contributed by atoms with van der Waals surface area (Å²) in [6, 6.07) is 9.14. The summed E-state index contributed by atoms with van der Waals surface area (Å²) in [5, 5.41) is 10.6. The van der Waals surface area contributed by atoms with Crippen LogP contribution in [0.5, 0.6) is 11.6 Å². The van der Waals surface area contributed by atoms with Crippen molar-refractivity contribution in [2.24, 2.45) is 5.16 Å². The van der Waals surface area contributed by atoms with Crippen LogP contribution in [0.4, 0.5) is 0 Å². The van der Waals surface area contributed by atoms with Crippen molar-refractivity contribution in [1.29, 1.82) is 0 Å². The Bertz CT molecular complexity index is 816. The van der Waals surface area contributed by atoms with E-state index in [9.17, 15) is 0 Å². The maximum absolute atomic E-state index is 5.87. The number of aromatic nitrogens is 5. The molecule has 0 saturated heterocycles. The van der Waals surface area contributed by atoms with Gasteiger partial charge in [0.25, 0.3) is 0 Å². The first-order chi connectivity index (χ1) is 11.3. The van der Waals surface area contributed by atoms with Gasteiger partial charge in [-0.1, -0.05) is 17.3 Å². The van der Waals surface area contributed by atoms with Gasteiger partial charge in [-0.3, -0.25) is 5.10 Å². The number of para-hydroxylation sites is 1. The second-order valence-electron chi connectivity index (χ2n) is 4.55. The average Bonchev–Trinajstić information content (AvgIpc) is 3.08. The van der Waals surface area contributed by atoms with Gasteiger partial charge in [0.1, 0.15) is 25.5 Å². The van der Waals surface area contributed by atoms with Crippen LogP contribution in [-0.2, 0) is 4.84 Å². The van der Waals surface area contributed by atoms with Crippen molar-refractivity contribution < 1.29 is 9.57 Å². The highest BCUT2D eigenvalue weighted by molar-refractivity contribution is 6.11. The molecule has 0 unspecified atom stereocenters. The van der Waals surface area contributed by atoms with Gasteiger partial charge in [0, 0.05) is 11.8 Å². The molecule has 0 radical (unpaired) electrons. The highest BCUT2D eigenvalue weighted by atomic mass is 16.6. The van der Waals surface area contributed by atoms with E-state index in [1.165, 1.54) is 19.8 Å². The van der Waals surface area contributed by atoms with E-state index in [0.29, 0.717) is 28.7 Å². The minimum Gasteiger partial charge on any atom is -0.438 e. The standard InChI is InChI=1S/C15H14N6O2/c1-10-7-13(17-8-16-10)23-12-6-4-3-5-11(12)14(21-22-2)15-18-9-19-20-15/h3-9H,1-2H3,(H,18,19,20)/b21-14+. The fourth-order valence-corrected chi connectivity index (χ4v) is 1.98. The summed E-state index contributed by atoms with van der Waals surface area (Å²) in [5.74, 6) is 1.49. The molecule has 3 rings (SSSR count). The van der Waals surface area contributed by atoms with E-state index in [2.05, 4.69) is 30.3 Å². The normalized spacial score (nSPS) is 11.3. The lowest BCUT2D eigenvalue weighted by molar-refractivity contribution is 0.213. The van der Waals surface area contributed by atoms with Crippen LogP contribution in [0.25, 0.3) is 0 Å². The lowest BCUT2D eigenvalue weighted by Crippen LogP contribution is -2.08. The van der Waals surface area contributed by atoms with Crippen LogP contribution in [-0.4, -0.2) is 38.0 Å². The number of oxime groups is 1. The van der Waals surface area contributed by atoms with Crippen molar-refractivity contribution in [2.45, 2.75) is 6.92 Å². The molecule has 0 fully saturated rings. The first-order valence-corrected chi connectivity index (χ1v) is 6.80. The SMILES string of the molecule is CO/N=C(/c1ncn[nH]1)c1ccccc1Oc1cc(C)ncn1. The van der Waals surface area contributed by atoms with Gasteiger partial charge in [-0.2, -0.15) is 5.10 Å². The van der Waals surface area contributed by atoms with Crippen molar-refractivity contribution in [2.75, 3.05) is 7.11 Å². The van der Waals surface area contributed by atoms with Crippen LogP contribution in [0, 0.1) is 6.92 Å². The second-order valence-corrected chi connectivity index (χ2v) is 4.55. The average molecular weight is 310 g/mol. The predicted octanol–water partition coefficient (Wildman–Crippen LogP) is 2.09. The zero-order chi connectivity index (χ0) is 16.1. The number of rotatable bonds is 5. The molecule has 0 amide bonds. The van der Waals surface area contributed by atoms with Gasteiger partial charge < -0.3 is 9.57 Å². The fourth-order valence-electron chi connectivity index (χ4n) is 1.98. The topological polar surface area (TPSA) is 98.2 Å². The quantitative estimate of drug-likeness (QED) is 0.572. The Morgan fingerprint density at radius 3 is 2.74 bits per heavy atom. The van der Waals surface area contributed by atoms with E-state index in [-0.39, 0.29) is 0 Å². The molecule has 0 saturated carbocycles. The summed E-state index contributed by atoms with van der Waals surface area (Å²) < 4.78 is 5.87. The number of nitrogens with zero attached hydrogens (tertiary/aromatic N) is 5. The summed E-state index contributed by atoms with van der Waals surface area (Å²) in [6.45, 7) is 1.87. The number of hydrogen-bond acceptors (Lipinski definition) is 7. The minimum absolute atomic E-state index is 0.444. The number of ether oxygens (including phenoxy) is 1. The Hall–Kier alpha value is -3.29. The molecule has 0 spiro atoms. The molecule has 0 aliphatic rings. The molecular formula is C15H14N6O2. The molecule has 2 aromatic heterocycles. The highest BCUT2D eigenvalue weighted by Gasteiger charge is 2.17. The van der Waals surface area contributed by atoms with Crippen molar-refractivity contribution >= 4 is 5.71 Å². The van der Waals surface area contributed by atoms with Crippen molar-refractivity contribution in [3.8, 4) is 11.6 Å². The lowest BCUT2D eigenvalue weighted by Gasteiger charge is -2.10. The van der Waals surface area contributed by atoms with Gasteiger partial charge >= 0.3 is 0 Å². The molecule has 0 aliphatic heterocycles. The zero-order valence-electron chi connectivity index (χ0n) is 12.6. The van der Waals surface area contributed by atoms with Crippen molar-refractivity contribution in [3.05, 3.63) is 60.1 Å². The van der Waals surface area contributed by atoms with Gasteiger partial charge in [0.2, 0.25) is 5.88 Å². The largest absolute Gasteiger partial charge is 0.438 e. The van der Waals surface area contributed by atoms with Gasteiger partial charge in [-0.15, -0.1) is 0 Å². The lowest BCUT2D eigenvalue weighted by atomic mass is 10.1. The Labute approximate surface area is 132 Å². The molecular weight excluding hydrogens is 296 g/mol. The Kier molecular flexibility index (Phi) is 4.23. The molecule has 2 heterocycles. The van der Waals surface area contributed by atoms with Crippen LogP contribution in [0.1, 0.15) is 17.1 Å². The van der Waals surface area contributed by atoms with Crippen molar-refractivity contribution in [3.63, 3.8) is 0 Å². The molecule has 116 valence electrons. The molecule has 0 aliphatic carbocycles. The van der Waals surface area contributed by atoms with Crippen LogP contribution in [0.15, 0.2) is 48.1 Å². The summed E-state index contributed by atoms with van der Waals surface area (Å²) in [6.07, 6.45) is 2.85. The smallest absolute Gasteiger partial charge is 0.222 e. The number of aryl methyl sites for hydroxylation is 1. The van der Waals surface area contributed by atoms with E-state index in [1.807, 2.05) is 31.2 Å². The maximum atomic E-state index is 5.87. The molecule has 1 N–H and O–H groups in total. The van der Waals surface area contributed by atoms with E-state index in [4.69, 9.17) is 9.57 Å². The molecule has 8 nitrogen and oxygen atoms in total. The highest BCUT2D eigenvalue weighted by Crippen LogP contribution is 2.26. The monoisotopic (exact) mass is 310 g/mol. The Morgan fingerprint density at radius 2 is 2.00 bits per heavy atom. The summed E-state index contributed by atoms with van der Waals surface area (Å²) in [7, 11) is 1.47. The predicted molar refractivity (Wildman–Crippen MR) is 82.3 cm³/mol. The Morgan fingerprint density at radius 1 is 1.13 bits per heavy atom. The summed E-state index contributed by atoms with van der Waals surface area (Å²) >= 11 is 0. The van der Waals surface area contributed by atoms with Gasteiger partial charge in [0.05, 0.1) is 5.56 Å². The van der Waals surface area contributed by atoms with Gasteiger partial charge in [-0.25, -0.2) is 15.0 Å². The van der Waals surface area contributed by atoms with Crippen LogP contribution < -0.4 is 4.74 Å². The zero-order valence-corrected chi connectivity index (χ0v) is 12.6. The number of H-pyrrole nitrogens is 1. The number of nitrogens with one attached hydrogen (secondary N) is 1. The fraction of sp³-hybridized carbons (Fsp3) is 0.133. The molecule has 0 atom stereocenters. The number of benzene rings is 1. The molecule has 3 aromatic rings. The molecule has 8 heteroatoms. The van der Waals surface area contributed by atoms with Crippen LogP contribution in [0.3, 0.4) is 0 Å². The minimum atomic E-state index is 0.444. The number of hydrogen-bond donors (Lipinski definition) is 1. The third kappa shape index (κ3) is 3.31. The first kappa shape index (κ1) is 14.6. The van der Waals surface area contributed by atoms with E-state index in [0.717, 1.165) is 5.69 Å². The van der Waals surface area contributed by atoms with E-state index < -0.39 is 0 Å². The summed E-state index contributed by atoms with van der Waals surface area (Å²) in [5.41, 5.74) is 1.99. The third-order valence-corrected chi connectivity index (χ3v) is 2.96. The molecule has 1 aromatic carbocycles.